The molecule has 1 aliphatic heterocycles. The van der Waals surface area contributed by atoms with Crippen LogP contribution >= 0.6 is 0 Å². The molecule has 0 saturated carbocycles. The van der Waals surface area contributed by atoms with Crippen molar-refractivity contribution in [3.63, 3.8) is 0 Å². The van der Waals surface area contributed by atoms with Gasteiger partial charge in [-0.25, -0.2) is 0 Å². The van der Waals surface area contributed by atoms with Gasteiger partial charge in [0.25, 0.3) is 5.89 Å². The molecule has 1 N–H and O–H groups in total. The molecule has 0 aliphatic carbocycles. The summed E-state index contributed by atoms with van der Waals surface area (Å²) < 4.78 is 6.98. The van der Waals surface area contributed by atoms with Crippen LogP contribution < -0.4 is 5.32 Å². The number of nitrogens with zero attached hydrogens (tertiary/aromatic N) is 4. The SMILES string of the molecule is Cn1cc(-c2nc(C3CCCCN3)no2)cn1. The van der Waals surface area contributed by atoms with Crippen LogP contribution in [0.3, 0.4) is 0 Å². The van der Waals surface area contributed by atoms with Gasteiger partial charge in [0, 0.05) is 13.2 Å². The molecule has 6 nitrogen and oxygen atoms in total. The van der Waals surface area contributed by atoms with E-state index in [0.717, 1.165) is 24.4 Å². The Labute approximate surface area is 99.0 Å². The van der Waals surface area contributed by atoms with Gasteiger partial charge >= 0.3 is 0 Å². The maximum absolute atomic E-state index is 5.26. The highest BCUT2D eigenvalue weighted by Crippen LogP contribution is 2.23. The molecule has 1 fully saturated rings. The molecule has 2 aromatic heterocycles. The van der Waals surface area contributed by atoms with E-state index in [1.165, 1.54) is 12.8 Å². The second kappa shape index (κ2) is 4.29. The molecule has 0 aromatic carbocycles. The van der Waals surface area contributed by atoms with E-state index in [9.17, 15) is 0 Å². The summed E-state index contributed by atoms with van der Waals surface area (Å²) in [5, 5.41) is 11.5. The van der Waals surface area contributed by atoms with Crippen LogP contribution in [0.1, 0.15) is 31.1 Å². The minimum atomic E-state index is 0.234. The Kier molecular flexibility index (Phi) is 2.64. The maximum atomic E-state index is 5.26. The van der Waals surface area contributed by atoms with Crippen molar-refractivity contribution in [1.82, 2.24) is 25.2 Å². The quantitative estimate of drug-likeness (QED) is 0.846. The molecule has 0 spiro atoms. The fourth-order valence-electron chi connectivity index (χ4n) is 2.10. The highest BCUT2D eigenvalue weighted by Gasteiger charge is 2.21. The molecule has 3 rings (SSSR count). The predicted octanol–water partition coefficient (Wildman–Crippen LogP) is 1.28. The summed E-state index contributed by atoms with van der Waals surface area (Å²) in [5.41, 5.74) is 0.863. The molecular weight excluding hydrogens is 218 g/mol. The Bertz CT molecular complexity index is 497. The van der Waals surface area contributed by atoms with Crippen LogP contribution in [0.25, 0.3) is 11.5 Å². The van der Waals surface area contributed by atoms with Crippen molar-refractivity contribution >= 4 is 0 Å². The van der Waals surface area contributed by atoms with Crippen molar-refractivity contribution in [2.75, 3.05) is 6.54 Å². The summed E-state index contributed by atoms with van der Waals surface area (Å²) in [4.78, 5) is 4.42. The summed E-state index contributed by atoms with van der Waals surface area (Å²) in [6.07, 6.45) is 7.11. The highest BCUT2D eigenvalue weighted by atomic mass is 16.5. The smallest absolute Gasteiger partial charge is 0.261 e. The summed E-state index contributed by atoms with van der Waals surface area (Å²) >= 11 is 0. The third-order valence-corrected chi connectivity index (χ3v) is 3.02. The van der Waals surface area contributed by atoms with Gasteiger partial charge < -0.3 is 9.84 Å². The van der Waals surface area contributed by atoms with E-state index in [1.54, 1.807) is 10.9 Å². The average molecular weight is 233 g/mol. The minimum Gasteiger partial charge on any atom is -0.334 e. The number of nitrogens with one attached hydrogen (secondary N) is 1. The van der Waals surface area contributed by atoms with Crippen LogP contribution in [0.2, 0.25) is 0 Å². The standard InChI is InChI=1S/C11H15N5O/c1-16-7-8(6-13-16)11-14-10(15-17-11)9-4-2-3-5-12-9/h6-7,9,12H,2-5H2,1H3. The fraction of sp³-hybridized carbons (Fsp3) is 0.545. The van der Waals surface area contributed by atoms with E-state index in [4.69, 9.17) is 4.52 Å². The average Bonchev–Trinajstić information content (AvgIpc) is 2.98. The molecule has 1 saturated heterocycles. The third-order valence-electron chi connectivity index (χ3n) is 3.02. The van der Waals surface area contributed by atoms with Crippen LogP contribution in [-0.2, 0) is 7.05 Å². The Morgan fingerprint density at radius 2 is 2.41 bits per heavy atom. The van der Waals surface area contributed by atoms with Crippen LogP contribution in [0.15, 0.2) is 16.9 Å². The first-order chi connectivity index (χ1) is 8.33. The minimum absolute atomic E-state index is 0.234. The van der Waals surface area contributed by atoms with Crippen molar-refractivity contribution in [1.29, 1.82) is 0 Å². The molecule has 6 heteroatoms. The van der Waals surface area contributed by atoms with E-state index in [0.29, 0.717) is 5.89 Å². The molecule has 3 heterocycles. The number of hydrogen-bond acceptors (Lipinski definition) is 5. The number of piperidine rings is 1. The van der Waals surface area contributed by atoms with Gasteiger partial charge in [-0.05, 0) is 19.4 Å². The molecule has 0 amide bonds. The van der Waals surface area contributed by atoms with Crippen molar-refractivity contribution in [2.24, 2.45) is 7.05 Å². The van der Waals surface area contributed by atoms with Crippen LogP contribution in [-0.4, -0.2) is 26.5 Å². The second-order valence-electron chi connectivity index (χ2n) is 4.36. The maximum Gasteiger partial charge on any atom is 0.261 e. The number of rotatable bonds is 2. The molecule has 0 bridgehead atoms. The molecular formula is C11H15N5O. The van der Waals surface area contributed by atoms with Gasteiger partial charge in [-0.15, -0.1) is 0 Å². The van der Waals surface area contributed by atoms with Crippen molar-refractivity contribution < 1.29 is 4.52 Å². The van der Waals surface area contributed by atoms with E-state index >= 15 is 0 Å². The van der Waals surface area contributed by atoms with Crippen LogP contribution in [0.4, 0.5) is 0 Å². The predicted molar refractivity (Wildman–Crippen MR) is 61.1 cm³/mol. The van der Waals surface area contributed by atoms with Gasteiger partial charge in [0.1, 0.15) is 0 Å². The van der Waals surface area contributed by atoms with Crippen LogP contribution in [0.5, 0.6) is 0 Å². The van der Waals surface area contributed by atoms with Gasteiger partial charge in [0.05, 0.1) is 17.8 Å². The van der Waals surface area contributed by atoms with Gasteiger partial charge in [-0.3, -0.25) is 4.68 Å². The van der Waals surface area contributed by atoms with Gasteiger partial charge in [0.2, 0.25) is 0 Å². The Balaban J connectivity index is 1.82. The zero-order chi connectivity index (χ0) is 11.7. The number of aromatic nitrogens is 4. The lowest BCUT2D eigenvalue weighted by atomic mass is 10.0. The first kappa shape index (κ1) is 10.5. The van der Waals surface area contributed by atoms with Crippen molar-refractivity contribution in [3.05, 3.63) is 18.2 Å². The van der Waals surface area contributed by atoms with E-state index in [1.807, 2.05) is 13.2 Å². The molecule has 90 valence electrons. The van der Waals surface area contributed by atoms with E-state index in [-0.39, 0.29) is 6.04 Å². The zero-order valence-electron chi connectivity index (χ0n) is 9.76. The fourth-order valence-corrected chi connectivity index (χ4v) is 2.10. The van der Waals surface area contributed by atoms with Gasteiger partial charge in [0.15, 0.2) is 5.82 Å². The Hall–Kier alpha value is -1.69. The second-order valence-corrected chi connectivity index (χ2v) is 4.36. The molecule has 1 aliphatic rings. The van der Waals surface area contributed by atoms with Gasteiger partial charge in [-0.1, -0.05) is 11.6 Å². The molecule has 2 aromatic rings. The highest BCUT2D eigenvalue weighted by molar-refractivity contribution is 5.49. The summed E-state index contributed by atoms with van der Waals surface area (Å²) in [6, 6.07) is 0.234. The molecule has 1 unspecified atom stereocenters. The molecule has 0 radical (unpaired) electrons. The first-order valence-corrected chi connectivity index (χ1v) is 5.89. The lowest BCUT2D eigenvalue weighted by Gasteiger charge is -2.19. The molecule has 17 heavy (non-hydrogen) atoms. The van der Waals surface area contributed by atoms with Crippen molar-refractivity contribution in [2.45, 2.75) is 25.3 Å². The topological polar surface area (TPSA) is 68.8 Å². The normalized spacial score (nSPS) is 20.6. The Morgan fingerprint density at radius 3 is 3.12 bits per heavy atom. The van der Waals surface area contributed by atoms with Gasteiger partial charge in [-0.2, -0.15) is 10.1 Å². The van der Waals surface area contributed by atoms with Crippen molar-refractivity contribution in [3.8, 4) is 11.5 Å². The summed E-state index contributed by atoms with van der Waals surface area (Å²) in [5.74, 6) is 1.30. The Morgan fingerprint density at radius 1 is 1.47 bits per heavy atom. The number of hydrogen-bond donors (Lipinski definition) is 1. The largest absolute Gasteiger partial charge is 0.334 e. The van der Waals surface area contributed by atoms with Crippen LogP contribution in [0, 0.1) is 0 Å². The van der Waals surface area contributed by atoms with E-state index < -0.39 is 0 Å². The van der Waals surface area contributed by atoms with E-state index in [2.05, 4.69) is 20.6 Å². The monoisotopic (exact) mass is 233 g/mol. The third kappa shape index (κ3) is 2.08. The first-order valence-electron chi connectivity index (χ1n) is 5.89. The summed E-state index contributed by atoms with van der Waals surface area (Å²) in [7, 11) is 1.86. The zero-order valence-corrected chi connectivity index (χ0v) is 9.76. The molecule has 1 atom stereocenters. The lowest BCUT2D eigenvalue weighted by Crippen LogP contribution is -2.27. The number of aryl methyl sites for hydroxylation is 1. The lowest BCUT2D eigenvalue weighted by molar-refractivity contribution is 0.367. The summed E-state index contributed by atoms with van der Waals surface area (Å²) in [6.45, 7) is 1.03.